The van der Waals surface area contributed by atoms with Crippen LogP contribution in [0.2, 0.25) is 0 Å². The number of aliphatic hydroxyl groups excluding tert-OH is 1. The molecule has 1 aromatic rings. The Morgan fingerprint density at radius 2 is 1.36 bits per heavy atom. The van der Waals surface area contributed by atoms with Crippen LogP contribution in [0.5, 0.6) is 0 Å². The zero-order valence-corrected chi connectivity index (χ0v) is 14.4. The Labute approximate surface area is 135 Å². The minimum Gasteiger partial charge on any atom is -0.388 e. The minimum absolute atomic E-state index is 0.272. The molecule has 5 heteroatoms. The second kappa shape index (κ2) is 15.1. The van der Waals surface area contributed by atoms with Gasteiger partial charge in [-0.25, -0.2) is 0 Å². The van der Waals surface area contributed by atoms with Gasteiger partial charge in [0.2, 0.25) is 0 Å². The van der Waals surface area contributed by atoms with Crippen molar-refractivity contribution in [3.63, 3.8) is 0 Å². The Balaban J connectivity index is 0.000000980. The maximum absolute atomic E-state index is 9.99. The maximum Gasteiger partial charge on any atom is 0.692 e. The first-order chi connectivity index (χ1) is 10.6. The summed E-state index contributed by atoms with van der Waals surface area (Å²) in [6, 6.07) is 10.00. The number of hydrogen-bond acceptors (Lipinski definition) is 2. The smallest absolute Gasteiger partial charge is 0.388 e. The van der Waals surface area contributed by atoms with E-state index >= 15 is 0 Å². The van der Waals surface area contributed by atoms with Gasteiger partial charge >= 0.3 is 8.25 Å². The number of aliphatic hydroxyl groups is 1. The van der Waals surface area contributed by atoms with Crippen molar-refractivity contribution in [1.29, 1.82) is 0 Å². The quantitative estimate of drug-likeness (QED) is 0.422. The molecule has 4 nitrogen and oxygen atoms in total. The van der Waals surface area contributed by atoms with E-state index in [4.69, 9.17) is 14.4 Å². The zero-order valence-electron chi connectivity index (χ0n) is 13.5. The minimum atomic E-state index is -2.87. The molecule has 0 fully saturated rings. The first-order valence-electron chi connectivity index (χ1n) is 8.16. The van der Waals surface area contributed by atoms with Crippen molar-refractivity contribution in [2.75, 3.05) is 0 Å². The Morgan fingerprint density at radius 3 is 1.86 bits per heavy atom. The molecular formula is C17H30O4P+. The predicted octanol–water partition coefficient (Wildman–Crippen LogP) is 4.88. The fourth-order valence-corrected chi connectivity index (χ4v) is 2.31. The molecule has 3 N–H and O–H groups in total. The molecule has 0 aliphatic carbocycles. The van der Waals surface area contributed by atoms with E-state index in [1.165, 1.54) is 44.9 Å². The van der Waals surface area contributed by atoms with Gasteiger partial charge in [-0.2, -0.15) is 0 Å². The zero-order chi connectivity index (χ0) is 16.6. The van der Waals surface area contributed by atoms with Gasteiger partial charge in [0, 0.05) is 4.57 Å². The molecule has 0 aliphatic rings. The van der Waals surface area contributed by atoms with Crippen molar-refractivity contribution in [3.05, 3.63) is 35.9 Å². The van der Waals surface area contributed by atoms with Gasteiger partial charge in [0.15, 0.2) is 0 Å². The summed E-state index contributed by atoms with van der Waals surface area (Å²) in [5.41, 5.74) is 1.06. The van der Waals surface area contributed by atoms with Gasteiger partial charge < -0.3 is 5.11 Å². The summed E-state index contributed by atoms with van der Waals surface area (Å²) in [6.45, 7) is 2.25. The molecule has 0 radical (unpaired) electrons. The lowest BCUT2D eigenvalue weighted by Crippen LogP contribution is -1.96. The lowest BCUT2D eigenvalue weighted by molar-refractivity contribution is 0.163. The van der Waals surface area contributed by atoms with Gasteiger partial charge in [-0.3, -0.25) is 0 Å². The second-order valence-electron chi connectivity index (χ2n) is 5.44. The van der Waals surface area contributed by atoms with Crippen LogP contribution in [0.1, 0.15) is 76.4 Å². The molecule has 1 unspecified atom stereocenters. The predicted molar refractivity (Wildman–Crippen MR) is 90.7 cm³/mol. The van der Waals surface area contributed by atoms with E-state index < -0.39 is 8.25 Å². The summed E-state index contributed by atoms with van der Waals surface area (Å²) in [5.74, 6) is 0. The third-order valence-electron chi connectivity index (χ3n) is 3.52. The van der Waals surface area contributed by atoms with Crippen molar-refractivity contribution >= 4 is 8.25 Å². The van der Waals surface area contributed by atoms with Gasteiger partial charge in [-0.15, -0.1) is 9.79 Å². The van der Waals surface area contributed by atoms with Crippen LogP contribution in [0.3, 0.4) is 0 Å². The van der Waals surface area contributed by atoms with E-state index in [0.29, 0.717) is 0 Å². The lowest BCUT2D eigenvalue weighted by Gasteiger charge is -2.10. The normalized spacial score (nSPS) is 11.5. The summed E-state index contributed by atoms with van der Waals surface area (Å²) in [4.78, 5) is 14.2. The molecule has 0 bridgehead atoms. The highest BCUT2D eigenvalue weighted by Crippen LogP contribution is 2.19. The third-order valence-corrected chi connectivity index (χ3v) is 3.52. The summed E-state index contributed by atoms with van der Waals surface area (Å²) < 4.78 is 8.70. The van der Waals surface area contributed by atoms with Crippen LogP contribution < -0.4 is 0 Å². The van der Waals surface area contributed by atoms with Crippen molar-refractivity contribution in [2.45, 2.75) is 70.8 Å². The maximum atomic E-state index is 9.99. The molecular weight excluding hydrogens is 299 g/mol. The van der Waals surface area contributed by atoms with Crippen LogP contribution in [0, 0.1) is 0 Å². The summed E-state index contributed by atoms with van der Waals surface area (Å²) in [6.07, 6.45) is 11.2. The third kappa shape index (κ3) is 14.2. The van der Waals surface area contributed by atoms with Gasteiger partial charge in [-0.1, -0.05) is 88.6 Å². The fraction of sp³-hybridized carbons (Fsp3) is 0.647. The first-order valence-corrected chi connectivity index (χ1v) is 9.32. The highest BCUT2D eigenvalue weighted by molar-refractivity contribution is 7.30. The van der Waals surface area contributed by atoms with Gasteiger partial charge in [0.25, 0.3) is 0 Å². The molecule has 126 valence electrons. The molecule has 22 heavy (non-hydrogen) atoms. The highest BCUT2D eigenvalue weighted by atomic mass is 31.1. The average Bonchev–Trinajstić information content (AvgIpc) is 2.50. The number of unbranched alkanes of at least 4 members (excludes halogenated alkanes) is 7. The van der Waals surface area contributed by atoms with Gasteiger partial charge in [0.05, 0.1) is 6.10 Å². The van der Waals surface area contributed by atoms with Crippen molar-refractivity contribution in [2.24, 2.45) is 0 Å². The summed E-state index contributed by atoms with van der Waals surface area (Å²) in [7, 11) is -2.87. The van der Waals surface area contributed by atoms with E-state index in [0.717, 1.165) is 18.4 Å². The Bertz CT molecular complexity index is 366. The number of hydrogen-bond donors (Lipinski definition) is 3. The van der Waals surface area contributed by atoms with Crippen molar-refractivity contribution in [1.82, 2.24) is 0 Å². The molecule has 0 saturated carbocycles. The molecule has 0 heterocycles. The van der Waals surface area contributed by atoms with E-state index in [9.17, 15) is 5.11 Å². The van der Waals surface area contributed by atoms with E-state index in [2.05, 4.69) is 6.92 Å². The average molecular weight is 329 g/mol. The van der Waals surface area contributed by atoms with Crippen LogP contribution in [0.15, 0.2) is 30.3 Å². The van der Waals surface area contributed by atoms with Crippen LogP contribution >= 0.6 is 8.25 Å². The lowest BCUT2D eigenvalue weighted by atomic mass is 10.0. The Kier molecular flexibility index (Phi) is 14.6. The number of rotatable bonds is 10. The van der Waals surface area contributed by atoms with E-state index in [1.807, 2.05) is 30.3 Å². The summed E-state index contributed by atoms with van der Waals surface area (Å²) >= 11 is 0. The van der Waals surface area contributed by atoms with Crippen LogP contribution in [-0.2, 0) is 4.57 Å². The molecule has 1 aromatic carbocycles. The Morgan fingerprint density at radius 1 is 0.909 bits per heavy atom. The monoisotopic (exact) mass is 329 g/mol. The van der Waals surface area contributed by atoms with Crippen molar-refractivity contribution in [3.8, 4) is 0 Å². The molecule has 0 amide bonds. The Hall–Kier alpha value is -0.800. The molecule has 1 atom stereocenters. The van der Waals surface area contributed by atoms with E-state index in [-0.39, 0.29) is 6.10 Å². The van der Waals surface area contributed by atoms with Crippen LogP contribution in [0.4, 0.5) is 0 Å². The second-order valence-corrected chi connectivity index (χ2v) is 5.95. The largest absolute Gasteiger partial charge is 0.692 e. The van der Waals surface area contributed by atoms with Gasteiger partial charge in [0.1, 0.15) is 0 Å². The molecule has 0 saturated heterocycles. The van der Waals surface area contributed by atoms with Crippen LogP contribution in [-0.4, -0.2) is 14.9 Å². The van der Waals surface area contributed by atoms with Gasteiger partial charge in [-0.05, 0) is 12.0 Å². The molecule has 0 aromatic heterocycles. The molecule has 0 aliphatic heterocycles. The SMILES string of the molecule is CCCCCCCCCCC(O)c1ccccc1.O=[P+](O)O. The van der Waals surface area contributed by atoms with Crippen LogP contribution in [0.25, 0.3) is 0 Å². The summed E-state index contributed by atoms with van der Waals surface area (Å²) in [5, 5.41) is 9.99. The van der Waals surface area contributed by atoms with E-state index in [1.54, 1.807) is 0 Å². The fourth-order valence-electron chi connectivity index (χ4n) is 2.31. The first kappa shape index (κ1) is 21.2. The molecule has 1 rings (SSSR count). The highest BCUT2D eigenvalue weighted by Gasteiger charge is 2.05. The van der Waals surface area contributed by atoms with Crippen molar-refractivity contribution < 1.29 is 19.5 Å². The topological polar surface area (TPSA) is 77.8 Å². The standard InChI is InChI=1S/C17H28O.HO3P/c1-2-3-4-5-6-7-8-12-15-17(18)16-13-10-9-11-14-16;1-4(2)3/h9-11,13-14,17-18H,2-8,12,15H2,1H3;(H-,1,2,3)/p+1. The molecule has 0 spiro atoms. The number of benzene rings is 1.